The fraction of sp³-hybridized carbons (Fsp3) is 0.464. The number of carboxylic acid groups (broad SMARTS) is 1. The number of nitrogens with zero attached hydrogens (tertiary/aromatic N) is 1. The van der Waals surface area contributed by atoms with E-state index in [4.69, 9.17) is 4.74 Å². The van der Waals surface area contributed by atoms with E-state index in [0.29, 0.717) is 19.4 Å². The van der Waals surface area contributed by atoms with Gasteiger partial charge in [-0.2, -0.15) is 0 Å². The molecule has 2 N–H and O–H groups in total. The number of ether oxygens (including phenoxy) is 1. The highest BCUT2D eigenvalue weighted by molar-refractivity contribution is 5.83. The summed E-state index contributed by atoms with van der Waals surface area (Å²) in [6.07, 6.45) is 2.30. The van der Waals surface area contributed by atoms with Gasteiger partial charge >= 0.3 is 12.1 Å². The number of rotatable bonds is 8. The summed E-state index contributed by atoms with van der Waals surface area (Å²) in [7, 11) is 0. The van der Waals surface area contributed by atoms with Gasteiger partial charge in [0, 0.05) is 24.4 Å². The van der Waals surface area contributed by atoms with Crippen LogP contribution in [0.15, 0.2) is 48.5 Å². The van der Waals surface area contributed by atoms with Crippen molar-refractivity contribution in [1.29, 1.82) is 0 Å². The topological polar surface area (TPSA) is 95.9 Å². The van der Waals surface area contributed by atoms with Crippen LogP contribution in [0.5, 0.6) is 0 Å². The van der Waals surface area contributed by atoms with E-state index in [-0.39, 0.29) is 42.9 Å². The van der Waals surface area contributed by atoms with Crippen LogP contribution < -0.4 is 5.32 Å². The number of hydrogen-bond donors (Lipinski definition) is 2. The molecule has 2 aromatic carbocycles. The molecule has 0 spiro atoms. The average Bonchev–Trinajstić information content (AvgIpc) is 3.15. The maximum absolute atomic E-state index is 13.1. The second kappa shape index (κ2) is 10.9. The van der Waals surface area contributed by atoms with Crippen LogP contribution in [0.25, 0.3) is 11.1 Å². The summed E-state index contributed by atoms with van der Waals surface area (Å²) in [6.45, 7) is 4.29. The van der Waals surface area contributed by atoms with Gasteiger partial charge in [-0.15, -0.1) is 0 Å². The highest BCUT2D eigenvalue weighted by Gasteiger charge is 2.33. The first-order valence-electron chi connectivity index (χ1n) is 12.5. The predicted octanol–water partition coefficient (Wildman–Crippen LogP) is 4.65. The minimum absolute atomic E-state index is 0.00515. The molecule has 186 valence electrons. The number of carbonyl (C=O) groups is 3. The third-order valence-corrected chi connectivity index (χ3v) is 6.91. The molecule has 0 heterocycles. The molecule has 0 saturated heterocycles. The van der Waals surface area contributed by atoms with E-state index >= 15 is 0 Å². The van der Waals surface area contributed by atoms with E-state index in [2.05, 4.69) is 29.6 Å². The van der Waals surface area contributed by atoms with Gasteiger partial charge in [-0.05, 0) is 47.4 Å². The standard InChI is InChI=1S/C28H34N2O5/c1-18(2)15-30(16-26(31)32)27(33)19-8-7-9-20(14-19)29-28(34)35-17-25-23-12-5-3-10-21(23)22-11-4-6-13-24(22)25/h3-6,10-13,18-20,25H,7-9,14-17H2,1-2H3,(H,29,34)(H,31,32)/t19-,20+/m0/s1. The first-order chi connectivity index (χ1) is 16.8. The van der Waals surface area contributed by atoms with Crippen molar-refractivity contribution in [3.05, 3.63) is 59.7 Å². The number of carboxylic acids is 1. The largest absolute Gasteiger partial charge is 0.480 e. The Morgan fingerprint density at radius 2 is 1.66 bits per heavy atom. The van der Waals surface area contributed by atoms with Gasteiger partial charge < -0.3 is 20.1 Å². The maximum Gasteiger partial charge on any atom is 0.407 e. The normalized spacial score (nSPS) is 19.1. The molecular formula is C28H34N2O5. The summed E-state index contributed by atoms with van der Waals surface area (Å²) in [5, 5.41) is 12.2. The summed E-state index contributed by atoms with van der Waals surface area (Å²) in [5.74, 6) is -1.27. The lowest BCUT2D eigenvalue weighted by Gasteiger charge is -2.33. The molecule has 1 saturated carbocycles. The molecule has 0 aromatic heterocycles. The molecule has 2 aliphatic carbocycles. The van der Waals surface area contributed by atoms with Crippen LogP contribution in [-0.4, -0.2) is 53.7 Å². The molecule has 35 heavy (non-hydrogen) atoms. The summed E-state index contributed by atoms with van der Waals surface area (Å²) >= 11 is 0. The van der Waals surface area contributed by atoms with E-state index in [1.54, 1.807) is 0 Å². The molecule has 0 bridgehead atoms. The van der Waals surface area contributed by atoms with E-state index in [1.807, 2.05) is 38.1 Å². The van der Waals surface area contributed by atoms with Crippen molar-refractivity contribution in [2.45, 2.75) is 51.5 Å². The fourth-order valence-electron chi connectivity index (χ4n) is 5.45. The molecule has 2 aliphatic rings. The van der Waals surface area contributed by atoms with Gasteiger partial charge in [0.1, 0.15) is 13.2 Å². The van der Waals surface area contributed by atoms with Gasteiger partial charge in [-0.1, -0.05) is 68.8 Å². The zero-order valence-corrected chi connectivity index (χ0v) is 20.4. The van der Waals surface area contributed by atoms with Crippen molar-refractivity contribution in [3.8, 4) is 11.1 Å². The van der Waals surface area contributed by atoms with Gasteiger partial charge in [0.15, 0.2) is 0 Å². The smallest absolute Gasteiger partial charge is 0.407 e. The molecule has 2 aromatic rings. The Morgan fingerprint density at radius 1 is 1.03 bits per heavy atom. The molecule has 7 nitrogen and oxygen atoms in total. The van der Waals surface area contributed by atoms with E-state index in [9.17, 15) is 19.5 Å². The number of alkyl carbamates (subject to hydrolysis) is 1. The molecule has 0 unspecified atom stereocenters. The minimum Gasteiger partial charge on any atom is -0.480 e. The molecule has 0 radical (unpaired) electrons. The number of nitrogens with one attached hydrogen (secondary N) is 1. The molecule has 2 amide bonds. The number of benzene rings is 2. The SMILES string of the molecule is CC(C)CN(CC(=O)O)C(=O)[C@H]1CCC[C@@H](NC(=O)OCC2c3ccccc3-c3ccccc32)C1. The maximum atomic E-state index is 13.1. The summed E-state index contributed by atoms with van der Waals surface area (Å²) < 4.78 is 5.67. The Balaban J connectivity index is 1.34. The summed E-state index contributed by atoms with van der Waals surface area (Å²) in [4.78, 5) is 38.4. The number of carbonyl (C=O) groups excluding carboxylic acids is 2. The number of hydrogen-bond acceptors (Lipinski definition) is 4. The molecular weight excluding hydrogens is 444 g/mol. The summed E-state index contributed by atoms with van der Waals surface area (Å²) in [5.41, 5.74) is 4.68. The highest BCUT2D eigenvalue weighted by Crippen LogP contribution is 2.44. The van der Waals surface area contributed by atoms with E-state index in [0.717, 1.165) is 24.0 Å². The first-order valence-corrected chi connectivity index (χ1v) is 12.5. The minimum atomic E-state index is -1.01. The number of amides is 2. The Bertz CT molecular complexity index is 1040. The van der Waals surface area contributed by atoms with Gasteiger partial charge in [0.25, 0.3) is 0 Å². The van der Waals surface area contributed by atoms with Crippen LogP contribution in [0.1, 0.15) is 56.6 Å². The van der Waals surface area contributed by atoms with Crippen molar-refractivity contribution in [3.63, 3.8) is 0 Å². The third-order valence-electron chi connectivity index (χ3n) is 6.91. The van der Waals surface area contributed by atoms with Crippen LogP contribution in [0.4, 0.5) is 4.79 Å². The van der Waals surface area contributed by atoms with Crippen LogP contribution in [0.2, 0.25) is 0 Å². The lowest BCUT2D eigenvalue weighted by Crippen LogP contribution is -2.46. The Hall–Kier alpha value is -3.35. The first kappa shape index (κ1) is 24.8. The monoisotopic (exact) mass is 478 g/mol. The van der Waals surface area contributed by atoms with Crippen molar-refractivity contribution < 1.29 is 24.2 Å². The van der Waals surface area contributed by atoms with Crippen molar-refractivity contribution in [2.75, 3.05) is 19.7 Å². The van der Waals surface area contributed by atoms with Crippen LogP contribution in [0, 0.1) is 11.8 Å². The fourth-order valence-corrected chi connectivity index (χ4v) is 5.45. The zero-order valence-electron chi connectivity index (χ0n) is 20.4. The van der Waals surface area contributed by atoms with Crippen molar-refractivity contribution in [1.82, 2.24) is 10.2 Å². The van der Waals surface area contributed by atoms with Crippen LogP contribution in [0.3, 0.4) is 0 Å². The molecule has 7 heteroatoms. The Kier molecular flexibility index (Phi) is 7.73. The molecule has 2 atom stereocenters. The number of fused-ring (bicyclic) bond motifs is 3. The Labute approximate surface area is 206 Å². The predicted molar refractivity (Wildman–Crippen MR) is 133 cm³/mol. The van der Waals surface area contributed by atoms with E-state index < -0.39 is 12.1 Å². The highest BCUT2D eigenvalue weighted by atomic mass is 16.5. The molecule has 1 fully saturated rings. The van der Waals surface area contributed by atoms with E-state index in [1.165, 1.54) is 16.0 Å². The lowest BCUT2D eigenvalue weighted by atomic mass is 9.84. The second-order valence-electron chi connectivity index (χ2n) is 10.0. The second-order valence-corrected chi connectivity index (χ2v) is 10.0. The number of aliphatic carboxylic acids is 1. The van der Waals surface area contributed by atoms with Crippen LogP contribution in [-0.2, 0) is 14.3 Å². The quantitative estimate of drug-likeness (QED) is 0.576. The van der Waals surface area contributed by atoms with Gasteiger partial charge in [-0.3, -0.25) is 9.59 Å². The zero-order chi connectivity index (χ0) is 24.9. The Morgan fingerprint density at radius 3 is 2.26 bits per heavy atom. The van der Waals surface area contributed by atoms with Crippen LogP contribution >= 0.6 is 0 Å². The third kappa shape index (κ3) is 5.84. The van der Waals surface area contributed by atoms with Gasteiger partial charge in [0.05, 0.1) is 0 Å². The lowest BCUT2D eigenvalue weighted by molar-refractivity contribution is -0.147. The van der Waals surface area contributed by atoms with Crippen molar-refractivity contribution in [2.24, 2.45) is 11.8 Å². The average molecular weight is 479 g/mol. The van der Waals surface area contributed by atoms with Crippen molar-refractivity contribution >= 4 is 18.0 Å². The van der Waals surface area contributed by atoms with Gasteiger partial charge in [-0.25, -0.2) is 4.79 Å². The van der Waals surface area contributed by atoms with Gasteiger partial charge in [0.2, 0.25) is 5.91 Å². The molecule has 4 rings (SSSR count). The summed E-state index contributed by atoms with van der Waals surface area (Å²) in [6, 6.07) is 16.2. The molecule has 0 aliphatic heterocycles.